The lowest BCUT2D eigenvalue weighted by Gasteiger charge is -2.35. The lowest BCUT2D eigenvalue weighted by atomic mass is 9.81. The molecule has 1 fully saturated rings. The molecule has 0 bridgehead atoms. The topological polar surface area (TPSA) is 375 Å². The molecule has 4 unspecified atom stereocenters. The van der Waals surface area contributed by atoms with E-state index in [-0.39, 0.29) is 75.8 Å². The van der Waals surface area contributed by atoms with Gasteiger partial charge in [-0.2, -0.15) is 18.3 Å². The second kappa shape index (κ2) is 34.0. The van der Waals surface area contributed by atoms with Gasteiger partial charge in [0.05, 0.1) is 66.0 Å². The third-order valence-electron chi connectivity index (χ3n) is 13.0. The van der Waals surface area contributed by atoms with E-state index in [1.165, 1.54) is 6.66 Å². The van der Waals surface area contributed by atoms with E-state index in [4.69, 9.17) is 88.9 Å². The number of carbonyl (C=O) groups excluding carboxylic acids is 5. The lowest BCUT2D eigenvalue weighted by Crippen LogP contribution is -2.47. The highest BCUT2D eigenvalue weighted by Crippen LogP contribution is 2.40. The standard InChI is InChI=1S/C15H22ClNO2.C14H13NO7S.C11H11Cl2NO2.C10H5Cl2F3N4O2.C5H12NO4P/c1-5-13-8-6-7-11(2)15(13)17(14(18)9-16)12(3)10-19-4;1-23(21,22)8-5-6-9(10(7-8)15(19)20)14(18)13-11(16)3-2-4-12(13)17;1-7-6-16-9-5-3-2-4-8(9)14(7)11(15)10(12)13;11-5-1-4(10(13,14)15)2-6(12)8(5)18-9(16)7(3-17-18)19(20)21;1-11(9,10)3-2-4(6)5(7)8/h6-8,12H,5,9-10H2,1-4H3;5-7,13H,2-4H2,1H3;2-5,7,10H,6H2,1H3;1-3H,16H2;4H,2-3,6H2,1H3,(H,7,8)(H,9,10). The van der Waals surface area contributed by atoms with Crippen LogP contribution in [-0.2, 0) is 55.7 Å². The number of benzene rings is 4. The Morgan fingerprint density at radius 3 is 2.03 bits per heavy atom. The number of nitrogens with two attached hydrogens (primary N) is 2. The first kappa shape index (κ1) is 77.5. The molecule has 2 heterocycles. The highest BCUT2D eigenvalue weighted by atomic mass is 35.5. The van der Waals surface area contributed by atoms with Gasteiger partial charge in [0.2, 0.25) is 11.7 Å². The van der Waals surface area contributed by atoms with Crippen LogP contribution in [0.3, 0.4) is 0 Å². The van der Waals surface area contributed by atoms with Gasteiger partial charge in [0.15, 0.2) is 39.4 Å². The number of aryl methyl sites for hydroxylation is 2. The number of nitrogen functional groups attached to an aromatic ring is 1. The number of amides is 2. The number of Topliss-reactive ketones (excluding diaryl/α,β-unsaturated/α-hetero) is 3. The number of hydrogen-bond donors (Lipinski definition) is 4. The number of aliphatic carboxylic acids is 1. The average Bonchev–Trinajstić information content (AvgIpc) is 1.31. The number of alkyl halides is 6. The second-order valence-electron chi connectivity index (χ2n) is 19.9. The predicted octanol–water partition coefficient (Wildman–Crippen LogP) is 10.3. The Labute approximate surface area is 539 Å². The number of nitro benzene ring substituents is 1. The molecule has 1 saturated carbocycles. The van der Waals surface area contributed by atoms with Gasteiger partial charge in [0, 0.05) is 45.1 Å². The van der Waals surface area contributed by atoms with E-state index in [1.807, 2.05) is 57.2 Å². The number of aromatic nitrogens is 2. The quantitative estimate of drug-likeness (QED) is 0.0168. The number of rotatable bonds is 17. The van der Waals surface area contributed by atoms with E-state index in [1.54, 1.807) is 16.9 Å². The van der Waals surface area contributed by atoms with E-state index in [2.05, 4.69) is 18.1 Å². The number of para-hydroxylation sites is 3. The number of nitro groups is 2. The Morgan fingerprint density at radius 1 is 0.978 bits per heavy atom. The Hall–Kier alpha value is -6.79. The van der Waals surface area contributed by atoms with E-state index >= 15 is 0 Å². The first-order chi connectivity index (χ1) is 41.7. The molecule has 1 aromatic heterocycles. The van der Waals surface area contributed by atoms with Crippen molar-refractivity contribution >= 4 is 139 Å². The van der Waals surface area contributed by atoms with Crippen molar-refractivity contribution in [2.45, 2.75) is 93.8 Å². The van der Waals surface area contributed by atoms with Crippen molar-refractivity contribution in [2.75, 3.05) is 60.8 Å². The summed E-state index contributed by atoms with van der Waals surface area (Å²) in [7, 11) is -5.16. The third-order valence-corrected chi connectivity index (χ3v) is 16.3. The van der Waals surface area contributed by atoms with Crippen molar-refractivity contribution < 1.29 is 84.2 Å². The van der Waals surface area contributed by atoms with Crippen LogP contribution in [0.15, 0.2) is 83.9 Å². The van der Waals surface area contributed by atoms with Crippen LogP contribution in [0.1, 0.15) is 73.5 Å². The van der Waals surface area contributed by atoms with Gasteiger partial charge < -0.3 is 40.7 Å². The van der Waals surface area contributed by atoms with Gasteiger partial charge in [-0.1, -0.05) is 83.7 Å². The number of methoxy groups -OCH3 is 1. The molecule has 1 aliphatic heterocycles. The largest absolute Gasteiger partial charge is 0.489 e. The molecule has 2 amide bonds. The minimum absolute atomic E-state index is 0.0223. The van der Waals surface area contributed by atoms with Gasteiger partial charge in [-0.05, 0) is 87.6 Å². The third kappa shape index (κ3) is 21.4. The number of halogens is 8. The number of anilines is 3. The Kier molecular flexibility index (Phi) is 29.3. The summed E-state index contributed by atoms with van der Waals surface area (Å²) in [6, 6.07) is 16.3. The van der Waals surface area contributed by atoms with Crippen LogP contribution in [0.5, 0.6) is 5.75 Å². The van der Waals surface area contributed by atoms with Crippen LogP contribution in [0.2, 0.25) is 10.0 Å². The summed E-state index contributed by atoms with van der Waals surface area (Å²) in [6.45, 7) is 10.1. The highest BCUT2D eigenvalue weighted by Gasteiger charge is 2.40. The van der Waals surface area contributed by atoms with Crippen molar-refractivity contribution in [3.8, 4) is 11.4 Å². The molecule has 7 rings (SSSR count). The van der Waals surface area contributed by atoms with Gasteiger partial charge in [-0.25, -0.2) is 13.1 Å². The van der Waals surface area contributed by atoms with Crippen molar-refractivity contribution in [1.29, 1.82) is 0 Å². The SMILES string of the molecule is CC1COc2ccccc2N1C(=O)C(Cl)Cl.CCc1cccc(C)c1N(C(=O)CCl)C(C)COC.CP(=O)(O)CCC(N)C(=O)O.CS(=O)(=O)c1ccc(C(=O)C2C(=O)CCCC2=O)c([N+](=O)[O-])c1.Nc1c([N+](=O)[O-])cnn1-c1c(Cl)cc(C(F)(F)F)cc1Cl. The monoisotopic (exact) mass is 1400 g/mol. The van der Waals surface area contributed by atoms with Gasteiger partial charge in [-0.15, -0.1) is 11.6 Å². The molecule has 492 valence electrons. The van der Waals surface area contributed by atoms with Crippen LogP contribution in [0.4, 0.5) is 41.7 Å². The zero-order valence-corrected chi connectivity index (χ0v) is 54.5. The number of ether oxygens (including phenoxy) is 2. The van der Waals surface area contributed by atoms with Crippen molar-refractivity contribution in [3.63, 3.8) is 0 Å². The molecule has 5 aromatic rings. The zero-order chi connectivity index (χ0) is 68.5. The first-order valence-electron chi connectivity index (χ1n) is 26.4. The number of carbonyl (C=O) groups is 6. The fourth-order valence-electron chi connectivity index (χ4n) is 8.62. The zero-order valence-electron chi connectivity index (χ0n) is 49.0. The van der Waals surface area contributed by atoms with E-state index < -0.39 is 102 Å². The van der Waals surface area contributed by atoms with Crippen LogP contribution in [0.25, 0.3) is 5.69 Å². The molecule has 6 N–H and O–H groups in total. The average molecular weight is 1410 g/mol. The van der Waals surface area contributed by atoms with Gasteiger partial charge in [0.25, 0.3) is 11.6 Å². The maximum atomic E-state index is 12.6. The second-order valence-corrected chi connectivity index (χ2v) is 26.7. The summed E-state index contributed by atoms with van der Waals surface area (Å²) in [5.74, 6) is -4.89. The molecule has 2 aliphatic rings. The molecule has 4 atom stereocenters. The number of hydrogen-bond acceptors (Lipinski definition) is 18. The number of ketones is 3. The van der Waals surface area contributed by atoms with Crippen molar-refractivity contribution in [2.24, 2.45) is 11.7 Å². The normalized spacial score (nSPS) is 15.2. The minimum Gasteiger partial charge on any atom is -0.489 e. The summed E-state index contributed by atoms with van der Waals surface area (Å²) >= 11 is 28.5. The fourth-order valence-corrected chi connectivity index (χ4v) is 11.0. The molecule has 25 nitrogen and oxygen atoms in total. The molecular formula is C55H63Cl5F3N8O17PS. The highest BCUT2D eigenvalue weighted by molar-refractivity contribution is 7.90. The Morgan fingerprint density at radius 2 is 1.56 bits per heavy atom. The molecule has 35 heteroatoms. The van der Waals surface area contributed by atoms with Crippen molar-refractivity contribution in [1.82, 2.24) is 9.78 Å². The Balaban J connectivity index is 0.000000299. The molecule has 0 spiro atoms. The summed E-state index contributed by atoms with van der Waals surface area (Å²) in [5, 5.41) is 32.9. The fraction of sp³-hybridized carbons (Fsp3) is 0.400. The number of fused-ring (bicyclic) bond motifs is 1. The molecule has 4 aromatic carbocycles. The summed E-state index contributed by atoms with van der Waals surface area (Å²) in [5.41, 5.74) is 11.6. The Bertz CT molecular complexity index is 3600. The van der Waals surface area contributed by atoms with Gasteiger partial charge in [0.1, 0.15) is 42.1 Å². The van der Waals surface area contributed by atoms with Crippen LogP contribution in [-0.4, -0.2) is 141 Å². The van der Waals surface area contributed by atoms with E-state index in [9.17, 15) is 75.1 Å². The van der Waals surface area contributed by atoms with Gasteiger partial charge >= 0.3 is 17.8 Å². The summed E-state index contributed by atoms with van der Waals surface area (Å²) in [4.78, 5) is 101. The maximum absolute atomic E-state index is 12.6. The molecular weight excluding hydrogens is 1340 g/mol. The number of carboxylic acid groups (broad SMARTS) is 1. The lowest BCUT2D eigenvalue weighted by molar-refractivity contribution is -0.385. The maximum Gasteiger partial charge on any atom is 0.416 e. The summed E-state index contributed by atoms with van der Waals surface area (Å²) < 4.78 is 83.0. The van der Waals surface area contributed by atoms with E-state index in [0.29, 0.717) is 37.5 Å². The molecule has 1 aliphatic carbocycles. The first-order valence-corrected chi connectivity index (χ1v) is 32.8. The van der Waals surface area contributed by atoms with Crippen LogP contribution >= 0.6 is 65.4 Å². The van der Waals surface area contributed by atoms with E-state index in [0.717, 1.165) is 64.3 Å². The minimum atomic E-state index is -4.63. The van der Waals surface area contributed by atoms with Crippen LogP contribution in [0, 0.1) is 33.1 Å². The number of nitrogens with zero attached hydrogens (tertiary/aromatic N) is 6. The predicted molar refractivity (Wildman–Crippen MR) is 333 cm³/mol. The van der Waals surface area contributed by atoms with Crippen LogP contribution < -0.4 is 26.0 Å². The van der Waals surface area contributed by atoms with Crippen molar-refractivity contribution in [3.05, 3.63) is 132 Å². The number of sulfone groups is 1. The molecule has 90 heavy (non-hydrogen) atoms. The van der Waals surface area contributed by atoms with Gasteiger partial charge in [-0.3, -0.25) is 53.6 Å². The molecule has 0 radical (unpaired) electrons. The number of carboxylic acids is 1. The summed E-state index contributed by atoms with van der Waals surface area (Å²) in [6.07, 6.45) is -1.54. The molecule has 0 saturated heterocycles. The smallest absolute Gasteiger partial charge is 0.416 e.